The number of β-amino-alcohol motifs (C(OH)–C–C–N with tert-alkyl or cyclic N) is 1. The van der Waals surface area contributed by atoms with Crippen LogP contribution in [0.4, 0.5) is 4.79 Å². The molecule has 0 saturated carbocycles. The number of rotatable bonds is 2. The Morgan fingerprint density at radius 1 is 1.27 bits per heavy atom. The molecule has 2 aliphatic heterocycles. The maximum atomic E-state index is 10.8. The predicted octanol–water partition coefficient (Wildman–Crippen LogP) is -0.0896. The summed E-state index contributed by atoms with van der Waals surface area (Å²) >= 11 is 0. The minimum absolute atomic E-state index is 0.194. The van der Waals surface area contributed by atoms with Gasteiger partial charge in [-0.15, -0.1) is 0 Å². The van der Waals surface area contributed by atoms with Gasteiger partial charge in [0.15, 0.2) is 0 Å². The summed E-state index contributed by atoms with van der Waals surface area (Å²) < 4.78 is 0. The molecule has 2 N–H and O–H groups in total. The average molecular weight is 214 g/mol. The summed E-state index contributed by atoms with van der Waals surface area (Å²) in [4.78, 5) is 14.6. The van der Waals surface area contributed by atoms with E-state index in [4.69, 9.17) is 10.2 Å². The van der Waals surface area contributed by atoms with Gasteiger partial charge in [0.2, 0.25) is 0 Å². The average Bonchev–Trinajstić information content (AvgIpc) is 2.61. The number of hydrogen-bond acceptors (Lipinski definition) is 3. The highest BCUT2D eigenvalue weighted by atomic mass is 16.4. The Balaban J connectivity index is 1.89. The molecule has 86 valence electrons. The molecule has 15 heavy (non-hydrogen) atoms. The zero-order chi connectivity index (χ0) is 10.8. The van der Waals surface area contributed by atoms with Crippen LogP contribution >= 0.6 is 0 Å². The van der Waals surface area contributed by atoms with Gasteiger partial charge in [0.05, 0.1) is 6.61 Å². The van der Waals surface area contributed by atoms with Crippen LogP contribution in [0.25, 0.3) is 0 Å². The Morgan fingerprint density at radius 2 is 2.00 bits per heavy atom. The molecule has 0 bridgehead atoms. The van der Waals surface area contributed by atoms with Crippen molar-refractivity contribution >= 4 is 6.09 Å². The Morgan fingerprint density at radius 3 is 2.67 bits per heavy atom. The van der Waals surface area contributed by atoms with Gasteiger partial charge in [-0.1, -0.05) is 0 Å². The third-order valence-corrected chi connectivity index (χ3v) is 3.57. The Hall–Kier alpha value is -0.810. The Labute approximate surface area is 89.3 Å². The molecule has 2 saturated heterocycles. The Bertz CT molecular complexity index is 247. The molecular formula is C10H18N2O3. The number of aliphatic hydroxyl groups excluding tert-OH is 1. The van der Waals surface area contributed by atoms with E-state index in [9.17, 15) is 4.79 Å². The lowest BCUT2D eigenvalue weighted by Gasteiger charge is -2.33. The fraction of sp³-hybridized carbons (Fsp3) is 0.900. The van der Waals surface area contributed by atoms with Crippen LogP contribution < -0.4 is 0 Å². The monoisotopic (exact) mass is 214 g/mol. The van der Waals surface area contributed by atoms with Gasteiger partial charge >= 0.3 is 6.09 Å². The van der Waals surface area contributed by atoms with Crippen LogP contribution in [0.15, 0.2) is 0 Å². The highest BCUT2D eigenvalue weighted by Crippen LogP contribution is 2.30. The maximum absolute atomic E-state index is 10.8. The van der Waals surface area contributed by atoms with Crippen LogP contribution in [0.2, 0.25) is 0 Å². The van der Waals surface area contributed by atoms with Crippen molar-refractivity contribution in [3.05, 3.63) is 0 Å². The summed E-state index contributed by atoms with van der Waals surface area (Å²) in [6.45, 7) is 4.22. The van der Waals surface area contributed by atoms with Gasteiger partial charge in [-0.2, -0.15) is 0 Å². The largest absolute Gasteiger partial charge is 0.465 e. The number of carbonyl (C=O) groups is 1. The third kappa shape index (κ3) is 2.23. The van der Waals surface area contributed by atoms with Crippen molar-refractivity contribution in [1.82, 2.24) is 9.80 Å². The molecular weight excluding hydrogens is 196 g/mol. The van der Waals surface area contributed by atoms with Crippen LogP contribution in [0, 0.1) is 11.8 Å². The first-order valence-electron chi connectivity index (χ1n) is 5.52. The second-order valence-electron chi connectivity index (χ2n) is 4.52. The molecule has 0 aromatic carbocycles. The van der Waals surface area contributed by atoms with E-state index in [1.807, 2.05) is 0 Å². The standard InChI is InChI=1S/C10H18N2O3/c13-4-3-11-2-1-8-6-12(10(14)15)7-9(8)5-11/h8-9,13H,1-7H2,(H,14,15). The molecule has 0 radical (unpaired) electrons. The highest BCUT2D eigenvalue weighted by molar-refractivity contribution is 5.65. The Kier molecular flexibility index (Phi) is 3.11. The number of carboxylic acid groups (broad SMARTS) is 1. The van der Waals surface area contributed by atoms with E-state index >= 15 is 0 Å². The minimum atomic E-state index is -0.793. The lowest BCUT2D eigenvalue weighted by Crippen LogP contribution is -2.41. The number of nitrogens with zero attached hydrogens (tertiary/aromatic N) is 2. The first kappa shape index (κ1) is 10.7. The molecule has 2 unspecified atom stereocenters. The molecule has 2 atom stereocenters. The fourth-order valence-electron chi connectivity index (χ4n) is 2.74. The van der Waals surface area contributed by atoms with Gasteiger partial charge in [0, 0.05) is 26.2 Å². The van der Waals surface area contributed by atoms with Gasteiger partial charge in [-0.25, -0.2) is 4.79 Å². The number of fused-ring (bicyclic) bond motifs is 1. The quantitative estimate of drug-likeness (QED) is 0.674. The molecule has 0 aliphatic carbocycles. The molecule has 2 heterocycles. The van der Waals surface area contributed by atoms with Crippen molar-refractivity contribution in [2.75, 3.05) is 39.3 Å². The summed E-state index contributed by atoms with van der Waals surface area (Å²) in [5.41, 5.74) is 0. The van der Waals surface area contributed by atoms with Crippen LogP contribution in [0.3, 0.4) is 0 Å². The molecule has 5 nitrogen and oxygen atoms in total. The molecule has 2 aliphatic rings. The van der Waals surface area contributed by atoms with E-state index < -0.39 is 6.09 Å². The van der Waals surface area contributed by atoms with Crippen LogP contribution in [-0.4, -0.2) is 65.4 Å². The third-order valence-electron chi connectivity index (χ3n) is 3.57. The van der Waals surface area contributed by atoms with Crippen molar-refractivity contribution in [2.45, 2.75) is 6.42 Å². The zero-order valence-electron chi connectivity index (χ0n) is 8.80. The summed E-state index contributed by atoms with van der Waals surface area (Å²) in [7, 11) is 0. The van der Waals surface area contributed by atoms with Gasteiger partial charge in [-0.3, -0.25) is 0 Å². The van der Waals surface area contributed by atoms with Crippen LogP contribution in [0.5, 0.6) is 0 Å². The maximum Gasteiger partial charge on any atom is 0.407 e. The first-order chi connectivity index (χ1) is 7.20. The minimum Gasteiger partial charge on any atom is -0.465 e. The van der Waals surface area contributed by atoms with Crippen molar-refractivity contribution in [1.29, 1.82) is 0 Å². The summed E-state index contributed by atoms with van der Waals surface area (Å²) in [6.07, 6.45) is 0.271. The van der Waals surface area contributed by atoms with E-state index in [1.54, 1.807) is 0 Å². The second kappa shape index (κ2) is 4.37. The zero-order valence-corrected chi connectivity index (χ0v) is 8.80. The summed E-state index contributed by atoms with van der Waals surface area (Å²) in [5.74, 6) is 1.01. The lowest BCUT2D eigenvalue weighted by atomic mass is 9.89. The molecule has 2 fully saturated rings. The van der Waals surface area contributed by atoms with Crippen molar-refractivity contribution in [2.24, 2.45) is 11.8 Å². The molecule has 0 aromatic heterocycles. The van der Waals surface area contributed by atoms with Crippen molar-refractivity contribution in [3.63, 3.8) is 0 Å². The fourth-order valence-corrected chi connectivity index (χ4v) is 2.74. The summed E-state index contributed by atoms with van der Waals surface area (Å²) in [5, 5.41) is 17.8. The van der Waals surface area contributed by atoms with Gasteiger partial charge in [0.25, 0.3) is 0 Å². The SMILES string of the molecule is O=C(O)N1CC2CCN(CCO)CC2C1. The van der Waals surface area contributed by atoms with Gasteiger partial charge in [-0.05, 0) is 24.8 Å². The van der Waals surface area contributed by atoms with Gasteiger partial charge in [0.1, 0.15) is 0 Å². The number of amides is 1. The van der Waals surface area contributed by atoms with Gasteiger partial charge < -0.3 is 20.0 Å². The van der Waals surface area contributed by atoms with Crippen LogP contribution in [0.1, 0.15) is 6.42 Å². The summed E-state index contributed by atoms with van der Waals surface area (Å²) in [6, 6.07) is 0. The van der Waals surface area contributed by atoms with E-state index in [0.29, 0.717) is 24.9 Å². The van der Waals surface area contributed by atoms with E-state index in [2.05, 4.69) is 4.90 Å². The topological polar surface area (TPSA) is 64.0 Å². The van der Waals surface area contributed by atoms with E-state index in [-0.39, 0.29) is 6.61 Å². The molecule has 0 aromatic rings. The molecule has 0 spiro atoms. The van der Waals surface area contributed by atoms with Crippen molar-refractivity contribution < 1.29 is 15.0 Å². The highest BCUT2D eigenvalue weighted by Gasteiger charge is 2.38. The smallest absolute Gasteiger partial charge is 0.407 e. The lowest BCUT2D eigenvalue weighted by molar-refractivity contribution is 0.121. The van der Waals surface area contributed by atoms with Crippen molar-refractivity contribution in [3.8, 4) is 0 Å². The number of hydrogen-bond donors (Lipinski definition) is 2. The second-order valence-corrected chi connectivity index (χ2v) is 4.52. The van der Waals surface area contributed by atoms with E-state index in [0.717, 1.165) is 26.1 Å². The molecule has 1 amide bonds. The first-order valence-corrected chi connectivity index (χ1v) is 5.52. The van der Waals surface area contributed by atoms with Crippen LogP contribution in [-0.2, 0) is 0 Å². The number of aliphatic hydroxyl groups is 1. The number of piperidine rings is 1. The number of likely N-dealkylation sites (tertiary alicyclic amines) is 2. The molecule has 2 rings (SSSR count). The molecule has 5 heteroatoms. The van der Waals surface area contributed by atoms with E-state index in [1.165, 1.54) is 4.90 Å². The predicted molar refractivity (Wildman–Crippen MR) is 54.7 cm³/mol. The normalized spacial score (nSPS) is 31.7.